The molecule has 1 fully saturated rings. The van der Waals surface area contributed by atoms with Crippen LogP contribution in [0, 0.1) is 12.8 Å². The number of rotatable bonds is 2. The predicted molar refractivity (Wildman–Crippen MR) is 60.0 cm³/mol. The summed E-state index contributed by atoms with van der Waals surface area (Å²) in [5.41, 5.74) is 2.99. The molecule has 0 saturated heterocycles. The first-order valence-electron chi connectivity index (χ1n) is 5.22. The van der Waals surface area contributed by atoms with E-state index in [9.17, 15) is 0 Å². The number of pyridine rings is 1. The molecule has 0 amide bonds. The van der Waals surface area contributed by atoms with Crippen LogP contribution in [0.5, 0.6) is 0 Å². The van der Waals surface area contributed by atoms with E-state index in [-0.39, 0.29) is 0 Å². The molecule has 1 saturated carbocycles. The van der Waals surface area contributed by atoms with E-state index in [1.807, 2.05) is 19.3 Å². The van der Waals surface area contributed by atoms with Crippen molar-refractivity contribution in [2.75, 3.05) is 0 Å². The second-order valence-electron chi connectivity index (χ2n) is 4.27. The molecule has 0 spiro atoms. The van der Waals surface area contributed by atoms with Crippen LogP contribution in [0.4, 0.5) is 0 Å². The minimum absolute atomic E-state index is 0.553. The summed E-state index contributed by atoms with van der Waals surface area (Å²) in [6.45, 7) is 3.05. The molecule has 0 radical (unpaired) electrons. The van der Waals surface area contributed by atoms with E-state index in [0.717, 1.165) is 29.2 Å². The molecule has 0 aliphatic heterocycles. The van der Waals surface area contributed by atoms with Gasteiger partial charge in [-0.15, -0.1) is 0 Å². The fraction of sp³-hybridized carbons (Fsp3) is 0.455. The normalized spacial score (nSPS) is 16.1. The van der Waals surface area contributed by atoms with E-state index >= 15 is 0 Å². The van der Waals surface area contributed by atoms with Crippen LogP contribution in [0.15, 0.2) is 12.4 Å². The summed E-state index contributed by atoms with van der Waals surface area (Å²) in [6, 6.07) is 1.86. The lowest BCUT2D eigenvalue weighted by atomic mass is 10.3. The molecule has 2 heterocycles. The zero-order valence-corrected chi connectivity index (χ0v) is 9.33. The summed E-state index contributed by atoms with van der Waals surface area (Å²) < 4.78 is 2.12. The SMILES string of the molecule is Cc1cc(Cl)nc2c1ncn2CC1CC1. The molecule has 0 bridgehead atoms. The third-order valence-electron chi connectivity index (χ3n) is 2.88. The Morgan fingerprint density at radius 3 is 3.07 bits per heavy atom. The first-order chi connectivity index (χ1) is 7.24. The van der Waals surface area contributed by atoms with Crippen molar-refractivity contribution in [1.82, 2.24) is 14.5 Å². The maximum Gasteiger partial charge on any atom is 0.161 e. The van der Waals surface area contributed by atoms with Gasteiger partial charge in [-0.25, -0.2) is 9.97 Å². The Balaban J connectivity index is 2.14. The fourth-order valence-electron chi connectivity index (χ4n) is 1.86. The van der Waals surface area contributed by atoms with Crippen LogP contribution in [0.2, 0.25) is 5.15 Å². The van der Waals surface area contributed by atoms with Crippen molar-refractivity contribution in [3.63, 3.8) is 0 Å². The minimum Gasteiger partial charge on any atom is -0.315 e. The second-order valence-corrected chi connectivity index (χ2v) is 4.66. The highest BCUT2D eigenvalue weighted by atomic mass is 35.5. The van der Waals surface area contributed by atoms with Crippen LogP contribution in [0.25, 0.3) is 11.2 Å². The van der Waals surface area contributed by atoms with Crippen molar-refractivity contribution in [3.8, 4) is 0 Å². The maximum atomic E-state index is 5.95. The molecule has 0 atom stereocenters. The molecule has 2 aromatic rings. The monoisotopic (exact) mass is 221 g/mol. The Morgan fingerprint density at radius 1 is 1.53 bits per heavy atom. The summed E-state index contributed by atoms with van der Waals surface area (Å²) in [7, 11) is 0. The van der Waals surface area contributed by atoms with E-state index in [4.69, 9.17) is 11.6 Å². The molecule has 0 N–H and O–H groups in total. The summed E-state index contributed by atoms with van der Waals surface area (Å²) in [4.78, 5) is 8.73. The van der Waals surface area contributed by atoms with Gasteiger partial charge in [0.15, 0.2) is 5.65 Å². The van der Waals surface area contributed by atoms with E-state index in [1.165, 1.54) is 12.8 Å². The number of aromatic nitrogens is 3. The third-order valence-corrected chi connectivity index (χ3v) is 3.08. The Hall–Kier alpha value is -1.09. The van der Waals surface area contributed by atoms with Crippen molar-refractivity contribution >= 4 is 22.8 Å². The quantitative estimate of drug-likeness (QED) is 0.731. The minimum atomic E-state index is 0.553. The standard InChI is InChI=1S/C11H12ClN3/c1-7-4-9(12)14-11-10(7)13-6-15(11)5-8-2-3-8/h4,6,8H,2-3,5H2,1H3. The third kappa shape index (κ3) is 1.61. The van der Waals surface area contributed by atoms with Gasteiger partial charge in [0.2, 0.25) is 0 Å². The van der Waals surface area contributed by atoms with Crippen LogP contribution in [0.1, 0.15) is 18.4 Å². The van der Waals surface area contributed by atoms with E-state index in [2.05, 4.69) is 14.5 Å². The average Bonchev–Trinajstić information content (AvgIpc) is 2.89. The van der Waals surface area contributed by atoms with Gasteiger partial charge in [-0.3, -0.25) is 0 Å². The topological polar surface area (TPSA) is 30.7 Å². The van der Waals surface area contributed by atoms with Gasteiger partial charge in [-0.05, 0) is 37.3 Å². The smallest absolute Gasteiger partial charge is 0.161 e. The molecule has 0 unspecified atom stereocenters. The van der Waals surface area contributed by atoms with Crippen LogP contribution in [-0.4, -0.2) is 14.5 Å². The van der Waals surface area contributed by atoms with Gasteiger partial charge in [-0.2, -0.15) is 0 Å². The van der Waals surface area contributed by atoms with Crippen LogP contribution >= 0.6 is 11.6 Å². The van der Waals surface area contributed by atoms with Crippen molar-refractivity contribution < 1.29 is 0 Å². The van der Waals surface area contributed by atoms with Gasteiger partial charge in [0.05, 0.1) is 6.33 Å². The zero-order valence-electron chi connectivity index (χ0n) is 8.57. The van der Waals surface area contributed by atoms with Crippen molar-refractivity contribution in [2.24, 2.45) is 5.92 Å². The summed E-state index contributed by atoms with van der Waals surface area (Å²) in [6.07, 6.45) is 4.54. The summed E-state index contributed by atoms with van der Waals surface area (Å²) in [5, 5.41) is 0.553. The predicted octanol–water partition coefficient (Wildman–Crippen LogP) is 2.80. The molecule has 3 nitrogen and oxygen atoms in total. The van der Waals surface area contributed by atoms with Crippen molar-refractivity contribution in [3.05, 3.63) is 23.1 Å². The molecule has 0 aromatic carbocycles. The Morgan fingerprint density at radius 2 is 2.33 bits per heavy atom. The van der Waals surface area contributed by atoms with Gasteiger partial charge in [-0.1, -0.05) is 11.6 Å². The van der Waals surface area contributed by atoms with Crippen molar-refractivity contribution in [1.29, 1.82) is 0 Å². The lowest BCUT2D eigenvalue weighted by Crippen LogP contribution is -1.99. The van der Waals surface area contributed by atoms with Gasteiger partial charge in [0, 0.05) is 6.54 Å². The van der Waals surface area contributed by atoms with Crippen LogP contribution in [0.3, 0.4) is 0 Å². The highest BCUT2D eigenvalue weighted by molar-refractivity contribution is 6.29. The van der Waals surface area contributed by atoms with Gasteiger partial charge in [0.1, 0.15) is 10.7 Å². The lowest BCUT2D eigenvalue weighted by Gasteiger charge is -2.02. The van der Waals surface area contributed by atoms with E-state index in [1.54, 1.807) is 0 Å². The zero-order chi connectivity index (χ0) is 10.4. The molecule has 4 heteroatoms. The number of hydrogen-bond acceptors (Lipinski definition) is 2. The summed E-state index contributed by atoms with van der Waals surface area (Å²) >= 11 is 5.95. The van der Waals surface area contributed by atoms with Gasteiger partial charge >= 0.3 is 0 Å². The number of halogens is 1. The average molecular weight is 222 g/mol. The van der Waals surface area contributed by atoms with Crippen LogP contribution in [-0.2, 0) is 6.54 Å². The van der Waals surface area contributed by atoms with Crippen LogP contribution < -0.4 is 0 Å². The number of imidazole rings is 1. The van der Waals surface area contributed by atoms with E-state index in [0.29, 0.717) is 5.15 Å². The fourth-order valence-corrected chi connectivity index (χ4v) is 2.11. The molecule has 2 aromatic heterocycles. The number of fused-ring (bicyclic) bond motifs is 1. The lowest BCUT2D eigenvalue weighted by molar-refractivity contribution is 0.638. The number of nitrogens with zero attached hydrogens (tertiary/aromatic N) is 3. The molecular formula is C11H12ClN3. The highest BCUT2D eigenvalue weighted by Gasteiger charge is 2.22. The molecule has 15 heavy (non-hydrogen) atoms. The van der Waals surface area contributed by atoms with Crippen molar-refractivity contribution in [2.45, 2.75) is 26.3 Å². The largest absolute Gasteiger partial charge is 0.315 e. The first-order valence-corrected chi connectivity index (χ1v) is 5.60. The Bertz CT molecular complexity index is 514. The highest BCUT2D eigenvalue weighted by Crippen LogP contribution is 2.31. The Kier molecular flexibility index (Phi) is 1.96. The Labute approximate surface area is 93.1 Å². The van der Waals surface area contributed by atoms with Gasteiger partial charge < -0.3 is 4.57 Å². The van der Waals surface area contributed by atoms with Gasteiger partial charge in [0.25, 0.3) is 0 Å². The summed E-state index contributed by atoms with van der Waals surface area (Å²) in [5.74, 6) is 0.823. The van der Waals surface area contributed by atoms with E-state index < -0.39 is 0 Å². The molecular weight excluding hydrogens is 210 g/mol. The first kappa shape index (κ1) is 9.16. The molecule has 1 aliphatic rings. The maximum absolute atomic E-state index is 5.95. The second kappa shape index (κ2) is 3.20. The molecule has 1 aliphatic carbocycles. The molecule has 3 rings (SSSR count). The number of aryl methyl sites for hydroxylation is 1. The number of hydrogen-bond donors (Lipinski definition) is 0. The molecule has 78 valence electrons.